The largest absolute Gasteiger partial charge is 1.00 e. The highest BCUT2D eigenvalue weighted by atomic mass is 127. The molecule has 96 valence electrons. The molecule has 3 heteroatoms. The van der Waals surface area contributed by atoms with Crippen molar-refractivity contribution in [1.29, 1.82) is 0 Å². The first kappa shape index (κ1) is 13.6. The van der Waals surface area contributed by atoms with Gasteiger partial charge in [0.05, 0.1) is 0 Å². The second-order valence-corrected chi connectivity index (χ2v) is 4.91. The van der Waals surface area contributed by atoms with Crippen molar-refractivity contribution < 1.29 is 28.5 Å². The van der Waals surface area contributed by atoms with E-state index in [1.165, 1.54) is 48.9 Å². The predicted octanol–water partition coefficient (Wildman–Crippen LogP) is -0.341. The average Bonchev–Trinajstić information content (AvgIpc) is 2.40. The molecule has 2 nitrogen and oxygen atoms in total. The summed E-state index contributed by atoms with van der Waals surface area (Å²) in [7, 11) is 2.11. The van der Waals surface area contributed by atoms with Gasteiger partial charge in [-0.05, 0) is 37.5 Å². The highest BCUT2D eigenvalue weighted by molar-refractivity contribution is 5.79. The van der Waals surface area contributed by atoms with E-state index in [0.29, 0.717) is 0 Å². The van der Waals surface area contributed by atoms with Crippen LogP contribution in [0.4, 0.5) is 5.69 Å². The molecule has 1 fully saturated rings. The molecule has 0 aliphatic carbocycles. The second kappa shape index (κ2) is 5.87. The first-order valence-corrected chi connectivity index (χ1v) is 6.48. The molecular weight excluding hydrogens is 335 g/mol. The number of hydrogen-bond acceptors (Lipinski definition) is 1. The van der Waals surface area contributed by atoms with Crippen molar-refractivity contribution >= 4 is 16.6 Å². The maximum atomic E-state index is 2.51. The topological polar surface area (TPSA) is 7.12 Å². The third-order valence-electron chi connectivity index (χ3n) is 3.70. The van der Waals surface area contributed by atoms with Crippen LogP contribution in [-0.2, 0) is 7.05 Å². The number of halogens is 1. The number of fused-ring (bicyclic) bond motifs is 1. The van der Waals surface area contributed by atoms with Gasteiger partial charge in [-0.15, -0.1) is 0 Å². The van der Waals surface area contributed by atoms with E-state index in [1.807, 2.05) is 0 Å². The molecule has 0 unspecified atom stereocenters. The molecule has 0 radical (unpaired) electrons. The van der Waals surface area contributed by atoms with Gasteiger partial charge in [0.2, 0.25) is 5.52 Å². The lowest BCUT2D eigenvalue weighted by Crippen LogP contribution is -3.00. The molecule has 0 atom stereocenters. The third-order valence-corrected chi connectivity index (χ3v) is 3.70. The lowest BCUT2D eigenvalue weighted by Gasteiger charge is -2.28. The number of nitrogens with zero attached hydrogens (tertiary/aromatic N) is 2. The molecule has 0 saturated carbocycles. The van der Waals surface area contributed by atoms with Crippen molar-refractivity contribution in [2.24, 2.45) is 7.05 Å². The summed E-state index contributed by atoms with van der Waals surface area (Å²) >= 11 is 0. The summed E-state index contributed by atoms with van der Waals surface area (Å²) < 4.78 is 2.20. The summed E-state index contributed by atoms with van der Waals surface area (Å²) in [6.45, 7) is 2.42. The Kier molecular flexibility index (Phi) is 4.43. The second-order valence-electron chi connectivity index (χ2n) is 4.91. The summed E-state index contributed by atoms with van der Waals surface area (Å²) in [4.78, 5) is 2.51. The fourth-order valence-corrected chi connectivity index (χ4v) is 2.68. The number of aryl methyl sites for hydroxylation is 1. The SMILES string of the molecule is C[n+]1cccc2ccc(N3CCCCC3)cc21.[I-]. The van der Waals surface area contributed by atoms with Gasteiger partial charge in [0.1, 0.15) is 7.05 Å². The molecule has 3 rings (SSSR count). The van der Waals surface area contributed by atoms with Gasteiger partial charge >= 0.3 is 0 Å². The Balaban J connectivity index is 0.00000120. The van der Waals surface area contributed by atoms with Crippen molar-refractivity contribution in [3.05, 3.63) is 36.5 Å². The molecule has 2 heterocycles. The lowest BCUT2D eigenvalue weighted by atomic mass is 10.1. The summed E-state index contributed by atoms with van der Waals surface area (Å²) in [6, 6.07) is 11.1. The van der Waals surface area contributed by atoms with E-state index in [9.17, 15) is 0 Å². The van der Waals surface area contributed by atoms with Gasteiger partial charge in [-0.2, -0.15) is 0 Å². The van der Waals surface area contributed by atoms with Crippen molar-refractivity contribution in [3.8, 4) is 0 Å². The van der Waals surface area contributed by atoms with Crippen LogP contribution in [-0.4, -0.2) is 13.1 Å². The molecule has 0 amide bonds. The summed E-state index contributed by atoms with van der Waals surface area (Å²) in [5.74, 6) is 0. The van der Waals surface area contributed by atoms with Crippen LogP contribution in [0.25, 0.3) is 10.9 Å². The number of rotatable bonds is 1. The van der Waals surface area contributed by atoms with Gasteiger partial charge in [0, 0.05) is 36.3 Å². The Bertz CT molecular complexity index is 533. The van der Waals surface area contributed by atoms with Crippen LogP contribution in [0, 0.1) is 0 Å². The highest BCUT2D eigenvalue weighted by Gasteiger charge is 2.13. The van der Waals surface area contributed by atoms with Crippen LogP contribution < -0.4 is 33.4 Å². The zero-order valence-corrected chi connectivity index (χ0v) is 12.9. The molecule has 0 spiro atoms. The maximum Gasteiger partial charge on any atom is 0.214 e. The van der Waals surface area contributed by atoms with Crippen molar-refractivity contribution in [2.45, 2.75) is 19.3 Å². The molecule has 0 bridgehead atoms. The highest BCUT2D eigenvalue weighted by Crippen LogP contribution is 2.22. The van der Waals surface area contributed by atoms with Gasteiger partial charge in [-0.1, -0.05) is 0 Å². The van der Waals surface area contributed by atoms with Gasteiger partial charge in [0.25, 0.3) is 0 Å². The van der Waals surface area contributed by atoms with E-state index < -0.39 is 0 Å². The minimum Gasteiger partial charge on any atom is -1.00 e. The van der Waals surface area contributed by atoms with Crippen LogP contribution in [0.3, 0.4) is 0 Å². The number of piperidine rings is 1. The minimum atomic E-state index is 0. The quantitative estimate of drug-likeness (QED) is 0.502. The molecule has 2 aromatic rings. The Morgan fingerprint density at radius 1 is 1.06 bits per heavy atom. The van der Waals surface area contributed by atoms with E-state index in [-0.39, 0.29) is 24.0 Å². The standard InChI is InChI=1S/C15H19N2.HI/c1-16-9-5-6-13-7-8-14(12-15(13)16)17-10-3-2-4-11-17;/h5-9,12H,2-4,10-11H2,1H3;1H/q+1;/p-1. The molecular formula is C15H19IN2. The summed E-state index contributed by atoms with van der Waals surface area (Å²) in [5.41, 5.74) is 2.69. The Hall–Kier alpha value is -0.840. The fourth-order valence-electron chi connectivity index (χ4n) is 2.68. The Morgan fingerprint density at radius 3 is 2.61 bits per heavy atom. The lowest BCUT2D eigenvalue weighted by molar-refractivity contribution is -0.644. The molecule has 1 aliphatic heterocycles. The van der Waals surface area contributed by atoms with Gasteiger partial charge in [-0.3, -0.25) is 0 Å². The Labute approximate surface area is 126 Å². The van der Waals surface area contributed by atoms with Crippen LogP contribution in [0.5, 0.6) is 0 Å². The predicted molar refractivity (Wildman–Crippen MR) is 71.2 cm³/mol. The fraction of sp³-hybridized carbons (Fsp3) is 0.400. The van der Waals surface area contributed by atoms with E-state index in [2.05, 4.69) is 53.0 Å². The van der Waals surface area contributed by atoms with Crippen molar-refractivity contribution in [2.75, 3.05) is 18.0 Å². The number of benzene rings is 1. The van der Waals surface area contributed by atoms with Crippen molar-refractivity contribution in [3.63, 3.8) is 0 Å². The van der Waals surface area contributed by atoms with Gasteiger partial charge in [0.15, 0.2) is 6.20 Å². The van der Waals surface area contributed by atoms with Crippen LogP contribution in [0.2, 0.25) is 0 Å². The molecule has 1 saturated heterocycles. The monoisotopic (exact) mass is 354 g/mol. The van der Waals surface area contributed by atoms with E-state index >= 15 is 0 Å². The minimum absolute atomic E-state index is 0. The van der Waals surface area contributed by atoms with Crippen LogP contribution in [0.1, 0.15) is 19.3 Å². The number of pyridine rings is 1. The third kappa shape index (κ3) is 2.60. The zero-order valence-electron chi connectivity index (χ0n) is 10.8. The molecule has 1 aromatic carbocycles. The summed E-state index contributed by atoms with van der Waals surface area (Å²) in [5, 5.41) is 1.32. The normalized spacial score (nSPS) is 15.5. The van der Waals surface area contributed by atoms with Gasteiger partial charge < -0.3 is 28.9 Å². The number of anilines is 1. The van der Waals surface area contributed by atoms with Crippen LogP contribution >= 0.6 is 0 Å². The average molecular weight is 354 g/mol. The molecule has 1 aromatic heterocycles. The first-order chi connectivity index (χ1) is 8.34. The zero-order chi connectivity index (χ0) is 11.7. The van der Waals surface area contributed by atoms with Gasteiger partial charge in [-0.25, -0.2) is 4.57 Å². The number of hydrogen-bond donors (Lipinski definition) is 0. The summed E-state index contributed by atoms with van der Waals surface area (Å²) in [6.07, 6.45) is 6.16. The smallest absolute Gasteiger partial charge is 0.214 e. The van der Waals surface area contributed by atoms with Crippen LogP contribution in [0.15, 0.2) is 36.5 Å². The van der Waals surface area contributed by atoms with E-state index in [4.69, 9.17) is 0 Å². The van der Waals surface area contributed by atoms with E-state index in [0.717, 1.165) is 0 Å². The number of aromatic nitrogens is 1. The Morgan fingerprint density at radius 2 is 1.83 bits per heavy atom. The van der Waals surface area contributed by atoms with E-state index in [1.54, 1.807) is 0 Å². The molecule has 0 N–H and O–H groups in total. The maximum absolute atomic E-state index is 2.51. The first-order valence-electron chi connectivity index (χ1n) is 6.48. The van der Waals surface area contributed by atoms with Crippen molar-refractivity contribution in [1.82, 2.24) is 0 Å². The molecule has 1 aliphatic rings. The molecule has 18 heavy (non-hydrogen) atoms.